The van der Waals surface area contributed by atoms with Gasteiger partial charge in [-0.05, 0) is 93.7 Å². The lowest BCUT2D eigenvalue weighted by atomic mass is 9.61. The first-order valence-electron chi connectivity index (χ1n) is 18.7. The first kappa shape index (κ1) is 37.5. The number of nitrogens with zero attached hydrogens (tertiary/aromatic N) is 2. The average molecular weight is 719 g/mol. The number of hydrogen-bond acceptors (Lipinski definition) is 6. The molecule has 10 heteroatoms. The van der Waals surface area contributed by atoms with E-state index in [2.05, 4.69) is 22.8 Å². The van der Waals surface area contributed by atoms with Crippen LogP contribution in [0.2, 0.25) is 0 Å². The molecule has 1 unspecified atom stereocenters. The number of allylic oxidation sites excluding steroid dienone is 3. The van der Waals surface area contributed by atoms with E-state index in [1.165, 1.54) is 10.6 Å². The Balaban J connectivity index is 1.24. The maximum absolute atomic E-state index is 15.0. The van der Waals surface area contributed by atoms with Crippen LogP contribution in [0.4, 0.5) is 0 Å². The molecule has 2 N–H and O–H groups in total. The summed E-state index contributed by atoms with van der Waals surface area (Å²) in [5.74, 6) is -1.65. The van der Waals surface area contributed by atoms with Gasteiger partial charge >= 0.3 is 5.97 Å². The molecule has 278 valence electrons. The largest absolute Gasteiger partial charge is 0.458 e. The Bertz CT molecular complexity index is 1970. The lowest BCUT2D eigenvalue weighted by Crippen LogP contribution is -2.55. The Hall–Kier alpha value is -5.25. The minimum Gasteiger partial charge on any atom is -0.458 e. The number of esters is 1. The van der Waals surface area contributed by atoms with E-state index in [1.807, 2.05) is 86.3 Å². The molecule has 1 saturated heterocycles. The van der Waals surface area contributed by atoms with E-state index in [9.17, 15) is 24.0 Å². The number of amides is 3. The van der Waals surface area contributed by atoms with Crippen molar-refractivity contribution in [2.75, 3.05) is 13.1 Å². The topological polar surface area (TPSA) is 127 Å². The molecule has 6 rings (SSSR count). The molecule has 2 heterocycles. The molecule has 2 aromatic carbocycles. The highest BCUT2D eigenvalue weighted by Crippen LogP contribution is 2.49. The number of piperidine rings is 1. The van der Waals surface area contributed by atoms with E-state index in [4.69, 9.17) is 4.74 Å². The first-order valence-corrected chi connectivity index (χ1v) is 18.7. The SMILES string of the molecule is Cn1cccc(C(=O)NC2CCN(C(=O)[C@H]3CCC(C(=O)N[C@H](Cc4ccccc4)C(=O)OC(C)(C)C)(C4=CCCC=C4)c4ccccc43)CC2)c1=O. The van der Waals surface area contributed by atoms with Gasteiger partial charge in [0.25, 0.3) is 11.5 Å². The quantitative estimate of drug-likeness (QED) is 0.291. The maximum Gasteiger partial charge on any atom is 0.329 e. The summed E-state index contributed by atoms with van der Waals surface area (Å²) >= 11 is 0. The highest BCUT2D eigenvalue weighted by atomic mass is 16.6. The fraction of sp³-hybridized carbons (Fsp3) is 0.419. The van der Waals surface area contributed by atoms with Crippen LogP contribution < -0.4 is 16.2 Å². The lowest BCUT2D eigenvalue weighted by molar-refractivity contribution is -0.159. The Morgan fingerprint density at radius 3 is 2.34 bits per heavy atom. The highest BCUT2D eigenvalue weighted by molar-refractivity contribution is 5.98. The monoisotopic (exact) mass is 718 g/mol. The summed E-state index contributed by atoms with van der Waals surface area (Å²) in [6.07, 6.45) is 11.7. The third-order valence-corrected chi connectivity index (χ3v) is 10.6. The zero-order chi connectivity index (χ0) is 37.8. The molecule has 0 saturated carbocycles. The number of benzene rings is 2. The van der Waals surface area contributed by atoms with Crippen molar-refractivity contribution in [3.05, 3.63) is 129 Å². The number of likely N-dealkylation sites (tertiary alicyclic amines) is 1. The van der Waals surface area contributed by atoms with Crippen LogP contribution in [0.15, 0.2) is 102 Å². The molecule has 1 fully saturated rings. The van der Waals surface area contributed by atoms with Gasteiger partial charge in [-0.1, -0.05) is 72.8 Å². The van der Waals surface area contributed by atoms with Crippen LogP contribution in [0.1, 0.15) is 92.3 Å². The molecule has 3 aromatic rings. The first-order chi connectivity index (χ1) is 25.4. The van der Waals surface area contributed by atoms with Gasteiger partial charge in [-0.2, -0.15) is 0 Å². The molecular formula is C43H50N4O6. The summed E-state index contributed by atoms with van der Waals surface area (Å²) in [7, 11) is 1.61. The molecule has 0 bridgehead atoms. The van der Waals surface area contributed by atoms with Crippen molar-refractivity contribution in [2.24, 2.45) is 7.05 Å². The molecule has 10 nitrogen and oxygen atoms in total. The number of aromatic nitrogens is 1. The smallest absolute Gasteiger partial charge is 0.329 e. The molecule has 3 amide bonds. The molecule has 3 aliphatic rings. The van der Waals surface area contributed by atoms with E-state index in [0.29, 0.717) is 38.8 Å². The van der Waals surface area contributed by atoms with E-state index in [1.54, 1.807) is 19.3 Å². The van der Waals surface area contributed by atoms with Crippen LogP contribution in [0, 0.1) is 0 Å². The second kappa shape index (κ2) is 15.8. The fourth-order valence-electron chi connectivity index (χ4n) is 7.89. The van der Waals surface area contributed by atoms with Crippen molar-refractivity contribution >= 4 is 23.7 Å². The van der Waals surface area contributed by atoms with E-state index in [0.717, 1.165) is 35.1 Å². The van der Waals surface area contributed by atoms with Gasteiger partial charge < -0.3 is 24.8 Å². The van der Waals surface area contributed by atoms with Gasteiger partial charge in [0.15, 0.2) is 0 Å². The minimum atomic E-state index is -1.12. The number of ether oxygens (including phenoxy) is 1. The number of pyridine rings is 1. The Kier molecular flexibility index (Phi) is 11.2. The van der Waals surface area contributed by atoms with Crippen LogP contribution >= 0.6 is 0 Å². The van der Waals surface area contributed by atoms with E-state index < -0.39 is 34.9 Å². The van der Waals surface area contributed by atoms with Crippen LogP contribution in [-0.2, 0) is 38.0 Å². The number of aryl methyl sites for hydroxylation is 1. The van der Waals surface area contributed by atoms with Gasteiger partial charge in [0, 0.05) is 38.8 Å². The molecule has 1 aromatic heterocycles. The number of rotatable bonds is 9. The maximum atomic E-state index is 15.0. The fourth-order valence-corrected chi connectivity index (χ4v) is 7.89. The standard InChI is InChI=1S/C43H50N4O6/c1-42(2,3)53-40(51)36(28-29-14-7-5-8-15-29)45-41(52)43(30-16-9-6-10-17-30)24-21-33(32-18-11-12-20-35(32)43)39(50)47-26-22-31(23-27-47)44-37(48)34-19-13-25-46(4)38(34)49/h5,7-9,11-20,25,31,33,36H,6,10,21-24,26-28H2,1-4H3,(H,44,48)(H,45,52)/t33-,36+,43?/m0/s1. The summed E-state index contributed by atoms with van der Waals surface area (Å²) in [5.41, 5.74) is 1.24. The molecule has 53 heavy (non-hydrogen) atoms. The lowest BCUT2D eigenvalue weighted by Gasteiger charge is -2.44. The van der Waals surface area contributed by atoms with E-state index >= 15 is 0 Å². The molecule has 0 spiro atoms. The summed E-state index contributed by atoms with van der Waals surface area (Å²) in [6, 6.07) is 19.4. The van der Waals surface area contributed by atoms with Crippen LogP contribution in [0.5, 0.6) is 0 Å². The van der Waals surface area contributed by atoms with Crippen LogP contribution in [-0.4, -0.2) is 63.9 Å². The van der Waals surface area contributed by atoms with Gasteiger partial charge in [0.1, 0.15) is 17.2 Å². The van der Waals surface area contributed by atoms with Crippen LogP contribution in [0.3, 0.4) is 0 Å². The zero-order valence-electron chi connectivity index (χ0n) is 31.1. The second-order valence-electron chi connectivity index (χ2n) is 15.4. The second-order valence-corrected chi connectivity index (χ2v) is 15.4. The van der Waals surface area contributed by atoms with Crippen molar-refractivity contribution < 1.29 is 23.9 Å². The molecule has 0 radical (unpaired) electrons. The van der Waals surface area contributed by atoms with Gasteiger partial charge in [-0.25, -0.2) is 4.79 Å². The highest BCUT2D eigenvalue weighted by Gasteiger charge is 2.50. The molecule has 2 aliphatic carbocycles. The summed E-state index contributed by atoms with van der Waals surface area (Å²) in [6.45, 7) is 6.36. The van der Waals surface area contributed by atoms with Crippen molar-refractivity contribution in [2.45, 2.75) is 94.7 Å². The predicted molar refractivity (Wildman–Crippen MR) is 203 cm³/mol. The third kappa shape index (κ3) is 8.22. The minimum absolute atomic E-state index is 0.00274. The Labute approximate surface area is 311 Å². The third-order valence-electron chi connectivity index (χ3n) is 10.6. The predicted octanol–water partition coefficient (Wildman–Crippen LogP) is 5.27. The van der Waals surface area contributed by atoms with Crippen molar-refractivity contribution in [1.29, 1.82) is 0 Å². The zero-order valence-corrected chi connectivity index (χ0v) is 31.1. The van der Waals surface area contributed by atoms with Crippen LogP contribution in [0.25, 0.3) is 0 Å². The van der Waals surface area contributed by atoms with E-state index in [-0.39, 0.29) is 35.4 Å². The van der Waals surface area contributed by atoms with Crippen molar-refractivity contribution in [3.63, 3.8) is 0 Å². The molecule has 3 atom stereocenters. The normalized spacial score (nSPS) is 20.8. The van der Waals surface area contributed by atoms with Crippen molar-refractivity contribution in [3.8, 4) is 0 Å². The Morgan fingerprint density at radius 2 is 1.64 bits per heavy atom. The van der Waals surface area contributed by atoms with Gasteiger partial charge in [-0.3, -0.25) is 19.2 Å². The summed E-state index contributed by atoms with van der Waals surface area (Å²) < 4.78 is 7.19. The number of hydrogen-bond donors (Lipinski definition) is 2. The van der Waals surface area contributed by atoms with Gasteiger partial charge in [0.2, 0.25) is 11.8 Å². The van der Waals surface area contributed by atoms with Crippen molar-refractivity contribution in [1.82, 2.24) is 20.1 Å². The number of nitrogens with one attached hydrogen (secondary N) is 2. The number of carbonyl (C=O) groups excluding carboxylic acids is 4. The average Bonchev–Trinajstić information content (AvgIpc) is 3.15. The summed E-state index contributed by atoms with van der Waals surface area (Å²) in [4.78, 5) is 70.2. The number of fused-ring (bicyclic) bond motifs is 1. The van der Waals surface area contributed by atoms with Gasteiger partial charge in [0.05, 0.1) is 11.3 Å². The Morgan fingerprint density at radius 1 is 0.925 bits per heavy atom. The molecular weight excluding hydrogens is 668 g/mol. The molecule has 1 aliphatic heterocycles. The number of carbonyl (C=O) groups is 4. The van der Waals surface area contributed by atoms with Gasteiger partial charge in [-0.15, -0.1) is 0 Å². The summed E-state index contributed by atoms with van der Waals surface area (Å²) in [5, 5.41) is 6.13.